The number of likely N-dealkylation sites (tertiary alicyclic amines) is 1. The van der Waals surface area contributed by atoms with Gasteiger partial charge in [0.1, 0.15) is 0 Å². The van der Waals surface area contributed by atoms with Crippen molar-refractivity contribution in [3.8, 4) is 5.69 Å². The lowest BCUT2D eigenvalue weighted by Gasteiger charge is -2.30. The number of hydrogen-bond acceptors (Lipinski definition) is 3. The molecule has 0 unspecified atom stereocenters. The Balaban J connectivity index is 1.65. The van der Waals surface area contributed by atoms with Crippen LogP contribution in [0.3, 0.4) is 0 Å². The summed E-state index contributed by atoms with van der Waals surface area (Å²) in [7, 11) is 0. The highest BCUT2D eigenvalue weighted by Gasteiger charge is 2.26. The summed E-state index contributed by atoms with van der Waals surface area (Å²) < 4.78 is 1.87. The van der Waals surface area contributed by atoms with Crippen LogP contribution in [-0.4, -0.2) is 39.6 Å². The van der Waals surface area contributed by atoms with E-state index < -0.39 is 0 Å². The molecule has 1 fully saturated rings. The summed E-state index contributed by atoms with van der Waals surface area (Å²) >= 11 is 0. The topological polar surface area (TPSA) is 67.2 Å². The molecule has 0 bridgehead atoms. The van der Waals surface area contributed by atoms with Crippen LogP contribution < -0.4 is 5.32 Å². The summed E-state index contributed by atoms with van der Waals surface area (Å²) in [4.78, 5) is 25.9. The van der Waals surface area contributed by atoms with Crippen molar-refractivity contribution in [1.29, 1.82) is 0 Å². The molecule has 1 aliphatic rings. The lowest BCUT2D eigenvalue weighted by Crippen LogP contribution is -2.40. The van der Waals surface area contributed by atoms with E-state index in [1.54, 1.807) is 4.90 Å². The standard InChI is InChI=1S/C20H24N4O2/c1-4-19(25)23-10-8-16(9-11-23)20(26)21-17-6-5-7-18(13-17)24-15(3)12-14(2)22-24/h4-7,12-13,16H,1,8-11H2,2-3H3,(H,21,26). The first-order valence-electron chi connectivity index (χ1n) is 8.84. The van der Waals surface area contributed by atoms with Crippen LogP contribution in [0.15, 0.2) is 43.0 Å². The molecule has 0 atom stereocenters. The van der Waals surface area contributed by atoms with Gasteiger partial charge in [0.15, 0.2) is 0 Å². The third-order valence-corrected chi connectivity index (χ3v) is 4.72. The molecule has 6 heteroatoms. The molecule has 26 heavy (non-hydrogen) atoms. The molecular weight excluding hydrogens is 328 g/mol. The van der Waals surface area contributed by atoms with Crippen LogP contribution in [-0.2, 0) is 9.59 Å². The molecule has 6 nitrogen and oxygen atoms in total. The number of carbonyl (C=O) groups excluding carboxylic acids is 2. The molecule has 1 saturated heterocycles. The number of piperidine rings is 1. The lowest BCUT2D eigenvalue weighted by atomic mass is 9.95. The van der Waals surface area contributed by atoms with Crippen molar-refractivity contribution in [2.24, 2.45) is 5.92 Å². The zero-order valence-electron chi connectivity index (χ0n) is 15.2. The number of nitrogens with one attached hydrogen (secondary N) is 1. The Morgan fingerprint density at radius 3 is 2.58 bits per heavy atom. The van der Waals surface area contributed by atoms with E-state index in [1.165, 1.54) is 6.08 Å². The maximum absolute atomic E-state index is 12.6. The Morgan fingerprint density at radius 1 is 1.23 bits per heavy atom. The minimum atomic E-state index is -0.0822. The maximum Gasteiger partial charge on any atom is 0.245 e. The number of benzene rings is 1. The Kier molecular flexibility index (Phi) is 5.21. The number of amides is 2. The molecule has 2 aromatic rings. The van der Waals surface area contributed by atoms with Crippen molar-refractivity contribution in [2.75, 3.05) is 18.4 Å². The number of aryl methyl sites for hydroxylation is 2. The average Bonchev–Trinajstić information content (AvgIpc) is 2.99. The van der Waals surface area contributed by atoms with Crippen LogP contribution in [0, 0.1) is 19.8 Å². The van der Waals surface area contributed by atoms with Gasteiger partial charge in [0, 0.05) is 30.4 Å². The number of nitrogens with zero attached hydrogens (tertiary/aromatic N) is 3. The molecular formula is C20H24N4O2. The first kappa shape index (κ1) is 17.9. The minimum Gasteiger partial charge on any atom is -0.339 e. The average molecular weight is 352 g/mol. The second-order valence-electron chi connectivity index (χ2n) is 6.68. The van der Waals surface area contributed by atoms with E-state index in [4.69, 9.17) is 0 Å². The second-order valence-corrected chi connectivity index (χ2v) is 6.68. The molecule has 2 heterocycles. The Labute approximate surface area is 153 Å². The molecule has 0 saturated carbocycles. The number of carbonyl (C=O) groups is 2. The van der Waals surface area contributed by atoms with Crippen molar-refractivity contribution in [3.63, 3.8) is 0 Å². The molecule has 3 rings (SSSR count). The second kappa shape index (κ2) is 7.56. The minimum absolute atomic E-state index is 0.00113. The van der Waals surface area contributed by atoms with Gasteiger partial charge in [0.05, 0.1) is 11.4 Å². The normalized spacial score (nSPS) is 14.9. The van der Waals surface area contributed by atoms with Gasteiger partial charge in [-0.2, -0.15) is 5.10 Å². The van der Waals surface area contributed by atoms with Crippen LogP contribution in [0.1, 0.15) is 24.2 Å². The van der Waals surface area contributed by atoms with E-state index in [9.17, 15) is 9.59 Å². The quantitative estimate of drug-likeness (QED) is 0.861. The monoisotopic (exact) mass is 352 g/mol. The molecule has 1 aliphatic heterocycles. The number of hydrogen-bond donors (Lipinski definition) is 1. The maximum atomic E-state index is 12.6. The van der Waals surface area contributed by atoms with E-state index in [0.717, 1.165) is 22.8 Å². The molecule has 0 spiro atoms. The fourth-order valence-corrected chi connectivity index (χ4v) is 3.34. The fourth-order valence-electron chi connectivity index (χ4n) is 3.34. The third kappa shape index (κ3) is 3.85. The van der Waals surface area contributed by atoms with Gasteiger partial charge in [-0.05, 0) is 57.0 Å². The van der Waals surface area contributed by atoms with Gasteiger partial charge in [-0.25, -0.2) is 4.68 Å². The van der Waals surface area contributed by atoms with E-state index in [1.807, 2.05) is 48.9 Å². The summed E-state index contributed by atoms with van der Waals surface area (Å²) in [6, 6.07) is 9.70. The van der Waals surface area contributed by atoms with Gasteiger partial charge in [0.2, 0.25) is 11.8 Å². The summed E-state index contributed by atoms with van der Waals surface area (Å²) in [6.07, 6.45) is 2.66. The summed E-state index contributed by atoms with van der Waals surface area (Å²) in [5.41, 5.74) is 3.67. The molecule has 136 valence electrons. The molecule has 2 amide bonds. The van der Waals surface area contributed by atoms with Crippen LogP contribution in [0.5, 0.6) is 0 Å². The van der Waals surface area contributed by atoms with Crippen molar-refractivity contribution < 1.29 is 9.59 Å². The molecule has 1 aromatic carbocycles. The zero-order valence-corrected chi connectivity index (χ0v) is 15.2. The Bertz CT molecular complexity index is 832. The Hall–Kier alpha value is -2.89. The molecule has 1 aromatic heterocycles. The highest BCUT2D eigenvalue weighted by atomic mass is 16.2. The predicted octanol–water partition coefficient (Wildman–Crippen LogP) is 2.85. The van der Waals surface area contributed by atoms with Crippen LogP contribution in [0.4, 0.5) is 5.69 Å². The smallest absolute Gasteiger partial charge is 0.245 e. The van der Waals surface area contributed by atoms with Crippen molar-refractivity contribution in [1.82, 2.24) is 14.7 Å². The highest BCUT2D eigenvalue weighted by Crippen LogP contribution is 2.21. The summed E-state index contributed by atoms with van der Waals surface area (Å²) in [5, 5.41) is 7.48. The van der Waals surface area contributed by atoms with E-state index in [0.29, 0.717) is 25.9 Å². The van der Waals surface area contributed by atoms with Crippen molar-refractivity contribution >= 4 is 17.5 Å². The SMILES string of the molecule is C=CC(=O)N1CCC(C(=O)Nc2cccc(-n3nc(C)cc3C)c2)CC1. The van der Waals surface area contributed by atoms with Gasteiger partial charge in [0.25, 0.3) is 0 Å². The lowest BCUT2D eigenvalue weighted by molar-refractivity contribution is -0.130. The van der Waals surface area contributed by atoms with Gasteiger partial charge in [-0.1, -0.05) is 12.6 Å². The zero-order chi connectivity index (χ0) is 18.7. The van der Waals surface area contributed by atoms with Gasteiger partial charge in [-0.15, -0.1) is 0 Å². The molecule has 0 aliphatic carbocycles. The first-order valence-corrected chi connectivity index (χ1v) is 8.84. The van der Waals surface area contributed by atoms with Gasteiger partial charge < -0.3 is 10.2 Å². The summed E-state index contributed by atoms with van der Waals surface area (Å²) in [6.45, 7) is 8.65. The van der Waals surface area contributed by atoms with E-state index in [-0.39, 0.29) is 17.7 Å². The van der Waals surface area contributed by atoms with Gasteiger partial charge >= 0.3 is 0 Å². The van der Waals surface area contributed by atoms with Crippen LogP contribution >= 0.6 is 0 Å². The third-order valence-electron chi connectivity index (χ3n) is 4.72. The fraction of sp³-hybridized carbons (Fsp3) is 0.350. The van der Waals surface area contributed by atoms with Crippen LogP contribution in [0.2, 0.25) is 0 Å². The highest BCUT2D eigenvalue weighted by molar-refractivity contribution is 5.93. The van der Waals surface area contributed by atoms with E-state index >= 15 is 0 Å². The number of aromatic nitrogens is 2. The van der Waals surface area contributed by atoms with E-state index in [2.05, 4.69) is 17.0 Å². The number of anilines is 1. The Morgan fingerprint density at radius 2 is 1.96 bits per heavy atom. The molecule has 0 radical (unpaired) electrons. The van der Waals surface area contributed by atoms with Crippen molar-refractivity contribution in [2.45, 2.75) is 26.7 Å². The van der Waals surface area contributed by atoms with Crippen molar-refractivity contribution in [3.05, 3.63) is 54.4 Å². The largest absolute Gasteiger partial charge is 0.339 e. The van der Waals surface area contributed by atoms with Crippen LogP contribution in [0.25, 0.3) is 5.69 Å². The summed E-state index contributed by atoms with van der Waals surface area (Å²) in [5.74, 6) is -0.149. The first-order chi connectivity index (χ1) is 12.5. The molecule has 1 N–H and O–H groups in total. The predicted molar refractivity (Wildman–Crippen MR) is 101 cm³/mol. The van der Waals surface area contributed by atoms with Gasteiger partial charge in [-0.3, -0.25) is 9.59 Å². The number of rotatable bonds is 4.